The average molecular weight is 547 g/mol. The van der Waals surface area contributed by atoms with Gasteiger partial charge in [-0.05, 0) is 30.2 Å². The molecule has 3 aromatic carbocycles. The van der Waals surface area contributed by atoms with Crippen molar-refractivity contribution in [2.75, 3.05) is 13.2 Å². The van der Waals surface area contributed by atoms with Crippen molar-refractivity contribution in [3.8, 4) is 5.75 Å². The second-order valence-corrected chi connectivity index (χ2v) is 9.59. The van der Waals surface area contributed by atoms with E-state index in [1.165, 1.54) is 17.7 Å². The molecule has 1 unspecified atom stereocenters. The molecule has 39 heavy (non-hydrogen) atoms. The fourth-order valence-corrected chi connectivity index (χ4v) is 4.95. The van der Waals surface area contributed by atoms with Crippen molar-refractivity contribution >= 4 is 40.6 Å². The molecule has 0 saturated heterocycles. The van der Waals surface area contributed by atoms with Crippen LogP contribution in [0.25, 0.3) is 0 Å². The molecule has 1 heterocycles. The van der Waals surface area contributed by atoms with Crippen LogP contribution in [0.5, 0.6) is 5.75 Å². The maximum absolute atomic E-state index is 13.8. The molecule has 0 radical (unpaired) electrons. The molecule has 1 aliphatic heterocycles. The highest BCUT2D eigenvalue weighted by Gasteiger charge is 2.48. The van der Waals surface area contributed by atoms with Crippen molar-refractivity contribution in [1.29, 1.82) is 0 Å². The fraction of sp³-hybridized carbons (Fsp3) is 0.138. The predicted octanol–water partition coefficient (Wildman–Crippen LogP) is 4.62. The van der Waals surface area contributed by atoms with Crippen LogP contribution in [0.3, 0.4) is 0 Å². The molecule has 0 fully saturated rings. The molecule has 0 saturated carbocycles. The van der Waals surface area contributed by atoms with Crippen molar-refractivity contribution in [3.05, 3.63) is 113 Å². The quantitative estimate of drug-likeness (QED) is 0.201. The molecule has 9 nitrogen and oxygen atoms in total. The van der Waals surface area contributed by atoms with Gasteiger partial charge in [0, 0.05) is 28.3 Å². The number of hydrogen-bond donors (Lipinski definition) is 2. The molecule has 10 heteroatoms. The summed E-state index contributed by atoms with van der Waals surface area (Å²) in [6.07, 6.45) is 1.31. The number of ether oxygens (including phenoxy) is 1. The summed E-state index contributed by atoms with van der Waals surface area (Å²) in [5.41, 5.74) is 1.25. The number of imide groups is 1. The van der Waals surface area contributed by atoms with Crippen molar-refractivity contribution in [3.63, 3.8) is 0 Å². The molecular weight excluding hydrogens is 522 g/mol. The first kappa shape index (κ1) is 27.5. The van der Waals surface area contributed by atoms with Gasteiger partial charge >= 0.3 is 23.1 Å². The van der Waals surface area contributed by atoms with Crippen molar-refractivity contribution in [1.82, 2.24) is 0 Å². The molecule has 3 aromatic rings. The van der Waals surface area contributed by atoms with E-state index in [4.69, 9.17) is 14.9 Å². The van der Waals surface area contributed by atoms with E-state index in [-0.39, 0.29) is 36.5 Å². The number of nitrogens with zero attached hydrogens (tertiary/aromatic N) is 1. The smallest absolute Gasteiger partial charge is 0.391 e. The third-order valence-electron chi connectivity index (χ3n) is 6.28. The molecular formula is C29H24NO8S+. The number of thioether (sulfide) groups is 1. The summed E-state index contributed by atoms with van der Waals surface area (Å²) in [5.74, 6) is -4.88. The van der Waals surface area contributed by atoms with Crippen molar-refractivity contribution in [2.24, 2.45) is 5.92 Å². The molecule has 2 N–H and O–H groups in total. The van der Waals surface area contributed by atoms with E-state index >= 15 is 0 Å². The lowest BCUT2D eigenvalue weighted by atomic mass is 9.97. The third-order valence-corrected chi connectivity index (χ3v) is 7.07. The number of rotatable bonds is 11. The maximum Gasteiger partial charge on any atom is 0.391 e. The largest absolute Gasteiger partial charge is 0.488 e. The van der Waals surface area contributed by atoms with Crippen LogP contribution < -0.4 is 4.74 Å². The minimum Gasteiger partial charge on any atom is -0.488 e. The maximum atomic E-state index is 13.8. The molecule has 1 aliphatic rings. The zero-order valence-corrected chi connectivity index (χ0v) is 21.4. The summed E-state index contributed by atoms with van der Waals surface area (Å²) >= 11 is 0.892. The summed E-state index contributed by atoms with van der Waals surface area (Å²) in [5, 5.41) is 19.3. The van der Waals surface area contributed by atoms with Gasteiger partial charge in [-0.3, -0.25) is 14.4 Å². The second kappa shape index (κ2) is 11.9. The number of carbonyl (C=O) groups is 5. The number of carbonyl (C=O) groups excluding carboxylic acids is 3. The first-order chi connectivity index (χ1) is 18.7. The number of benzene rings is 3. The van der Waals surface area contributed by atoms with E-state index in [0.29, 0.717) is 16.9 Å². The van der Waals surface area contributed by atoms with Crippen LogP contribution in [0.1, 0.15) is 31.8 Å². The summed E-state index contributed by atoms with van der Waals surface area (Å²) in [6.45, 7) is -0.0553. The average Bonchev–Trinajstić information content (AvgIpc) is 3.32. The molecule has 2 amide bonds. The Morgan fingerprint density at radius 3 is 2.03 bits per heavy atom. The van der Waals surface area contributed by atoms with Crippen LogP contribution in [0.4, 0.5) is 4.79 Å². The molecule has 4 rings (SSSR count). The molecule has 0 bridgehead atoms. The number of hydrogen-bond acceptors (Lipinski definition) is 7. The summed E-state index contributed by atoms with van der Waals surface area (Å²) in [4.78, 5) is 62.3. The number of amides is 2. The van der Waals surface area contributed by atoms with E-state index in [1.54, 1.807) is 72.8 Å². The fourth-order valence-electron chi connectivity index (χ4n) is 4.14. The van der Waals surface area contributed by atoms with Gasteiger partial charge in [0.1, 0.15) is 25.1 Å². The van der Waals surface area contributed by atoms with Crippen molar-refractivity contribution in [2.45, 2.75) is 6.42 Å². The number of quaternary nitrogens is 1. The standard InChI is InChI=1S/C29H23NO8S/c31-25(20-6-2-1-3-7-20)22-8-4-5-9-23(22)26(32)30(15-17-39-29(30)37)14-16-38-21-12-10-19(11-13-21)18-24(27(33)34)28(35)36/h1-13,15,17,24H,14,16,18H2,(H-,33,34,35,36)/p+1. The van der Waals surface area contributed by atoms with Crippen LogP contribution in [-0.2, 0) is 16.0 Å². The van der Waals surface area contributed by atoms with Crippen LogP contribution in [0.15, 0.2) is 90.5 Å². The van der Waals surface area contributed by atoms with E-state index in [2.05, 4.69) is 0 Å². The lowest BCUT2D eigenvalue weighted by Crippen LogP contribution is -2.51. The minimum absolute atomic E-state index is 0.0244. The third kappa shape index (κ3) is 5.97. The highest BCUT2D eigenvalue weighted by atomic mass is 32.2. The van der Waals surface area contributed by atoms with Crippen LogP contribution in [0.2, 0.25) is 0 Å². The summed E-state index contributed by atoms with van der Waals surface area (Å²) in [6, 6.07) is 21.2. The Hall–Kier alpha value is -4.54. The van der Waals surface area contributed by atoms with Crippen LogP contribution in [0, 0.1) is 5.92 Å². The Morgan fingerprint density at radius 2 is 1.44 bits per heavy atom. The number of aliphatic carboxylic acids is 2. The van der Waals surface area contributed by atoms with E-state index in [9.17, 15) is 24.0 Å². The number of ketones is 1. The topological polar surface area (TPSA) is 135 Å². The van der Waals surface area contributed by atoms with E-state index in [0.717, 1.165) is 11.8 Å². The highest BCUT2D eigenvalue weighted by Crippen LogP contribution is 2.32. The number of carboxylic acid groups (broad SMARTS) is 2. The van der Waals surface area contributed by atoms with Gasteiger partial charge < -0.3 is 14.9 Å². The van der Waals surface area contributed by atoms with E-state index in [1.807, 2.05) is 0 Å². The van der Waals surface area contributed by atoms with Crippen LogP contribution in [-0.4, -0.2) is 56.7 Å². The predicted molar refractivity (Wildman–Crippen MR) is 142 cm³/mol. The second-order valence-electron chi connectivity index (χ2n) is 8.73. The Kier molecular flexibility index (Phi) is 8.38. The summed E-state index contributed by atoms with van der Waals surface area (Å²) in [7, 11) is 0. The Balaban J connectivity index is 1.50. The van der Waals surface area contributed by atoms with E-state index < -0.39 is 33.5 Å². The molecule has 0 aromatic heterocycles. The first-order valence-corrected chi connectivity index (χ1v) is 12.8. The van der Waals surface area contributed by atoms with Gasteiger partial charge in [0.25, 0.3) is 0 Å². The lowest BCUT2D eigenvalue weighted by molar-refractivity contribution is -0.702. The molecule has 0 aliphatic carbocycles. The zero-order chi connectivity index (χ0) is 28.0. The Bertz CT molecular complexity index is 1440. The molecule has 198 valence electrons. The normalized spacial score (nSPS) is 16.3. The van der Waals surface area contributed by atoms with Gasteiger partial charge in [-0.25, -0.2) is 9.59 Å². The number of carboxylic acids is 2. The Morgan fingerprint density at radius 1 is 0.821 bits per heavy atom. The first-order valence-electron chi connectivity index (χ1n) is 11.9. The van der Waals surface area contributed by atoms with Gasteiger partial charge in [0.15, 0.2) is 11.7 Å². The Labute approximate surface area is 227 Å². The summed E-state index contributed by atoms with van der Waals surface area (Å²) < 4.78 is 5.10. The lowest BCUT2D eigenvalue weighted by Gasteiger charge is -2.26. The van der Waals surface area contributed by atoms with Gasteiger partial charge in [-0.15, -0.1) is 0 Å². The molecule has 0 spiro atoms. The van der Waals surface area contributed by atoms with Crippen LogP contribution >= 0.6 is 11.8 Å². The molecule has 1 atom stereocenters. The van der Waals surface area contributed by atoms with Crippen molar-refractivity contribution < 1.29 is 43.4 Å². The monoisotopic (exact) mass is 546 g/mol. The van der Waals surface area contributed by atoms with Gasteiger partial charge in [0.05, 0.1) is 5.56 Å². The highest BCUT2D eigenvalue weighted by molar-refractivity contribution is 8.16. The van der Waals surface area contributed by atoms with Gasteiger partial charge in [-0.2, -0.15) is 4.48 Å². The zero-order valence-electron chi connectivity index (χ0n) is 20.6. The van der Waals surface area contributed by atoms with Gasteiger partial charge in [-0.1, -0.05) is 60.7 Å². The minimum atomic E-state index is -1.56. The van der Waals surface area contributed by atoms with Gasteiger partial charge in [0.2, 0.25) is 0 Å². The SMILES string of the molecule is O=C(c1ccccc1)c1ccccc1C(=O)[N+]1(CCOc2ccc(CC(C(=O)O)C(=O)O)cc2)C=CSC1=O.